The van der Waals surface area contributed by atoms with E-state index in [-0.39, 0.29) is 22.6 Å². The number of carbonyl (C=O) groups is 1. The van der Waals surface area contributed by atoms with Gasteiger partial charge in [0, 0.05) is 11.6 Å². The molecule has 25 heavy (non-hydrogen) atoms. The van der Waals surface area contributed by atoms with Crippen molar-refractivity contribution in [2.45, 2.75) is 6.54 Å². The highest BCUT2D eigenvalue weighted by Crippen LogP contribution is 2.17. The van der Waals surface area contributed by atoms with Gasteiger partial charge in [-0.15, -0.1) is 0 Å². The summed E-state index contributed by atoms with van der Waals surface area (Å²) in [6.45, 7) is 0.360. The summed E-state index contributed by atoms with van der Waals surface area (Å²) in [5, 5.41) is 8.29. The third-order valence-corrected chi connectivity index (χ3v) is 3.41. The molecule has 2 aromatic rings. The molecule has 0 saturated carbocycles. The van der Waals surface area contributed by atoms with Crippen molar-refractivity contribution in [3.63, 3.8) is 0 Å². The second kappa shape index (κ2) is 8.31. The lowest BCUT2D eigenvalue weighted by molar-refractivity contribution is 0.177. The first-order valence-electron chi connectivity index (χ1n) is 6.93. The number of benzene rings is 1. The highest BCUT2D eigenvalue weighted by atomic mass is 35.5. The Kier molecular flexibility index (Phi) is 6.14. The number of thiocarbonyl (C=S) groups is 1. The maximum atomic E-state index is 12.1. The van der Waals surface area contributed by atoms with Gasteiger partial charge in [-0.1, -0.05) is 23.7 Å². The molecule has 0 atom stereocenters. The van der Waals surface area contributed by atoms with Crippen LogP contribution in [-0.2, 0) is 11.3 Å². The number of carbonyl (C=O) groups excluding carboxylic acids is 1. The number of methoxy groups -OCH3 is 1. The second-order valence-corrected chi connectivity index (χ2v) is 5.57. The van der Waals surface area contributed by atoms with Crippen LogP contribution in [0.4, 0.5) is 22.2 Å². The van der Waals surface area contributed by atoms with Crippen molar-refractivity contribution in [2.24, 2.45) is 0 Å². The molecule has 6 N–H and O–H groups in total. The summed E-state index contributed by atoms with van der Waals surface area (Å²) in [4.78, 5) is 29.7. The van der Waals surface area contributed by atoms with E-state index in [0.29, 0.717) is 11.6 Å². The molecule has 0 aliphatic heterocycles. The number of hydrogen-bond acceptors (Lipinski definition) is 7. The monoisotopic (exact) mass is 382 g/mol. The molecule has 0 radical (unpaired) electrons. The lowest BCUT2D eigenvalue weighted by Gasteiger charge is -2.13. The Morgan fingerprint density at radius 1 is 1.40 bits per heavy atom. The Balaban J connectivity index is 2.18. The van der Waals surface area contributed by atoms with Crippen molar-refractivity contribution in [3.05, 3.63) is 45.2 Å². The zero-order valence-corrected chi connectivity index (χ0v) is 14.6. The molecule has 0 unspecified atom stereocenters. The van der Waals surface area contributed by atoms with Gasteiger partial charge in [0.05, 0.1) is 7.11 Å². The molecule has 0 spiro atoms. The number of nitrogens with zero attached hydrogens (tertiary/aromatic N) is 1. The summed E-state index contributed by atoms with van der Waals surface area (Å²) < 4.78 is 4.43. The van der Waals surface area contributed by atoms with Gasteiger partial charge in [0.25, 0.3) is 5.56 Å². The number of amides is 1. The Hall–Kier alpha value is -2.85. The summed E-state index contributed by atoms with van der Waals surface area (Å²) in [5.41, 5.74) is 5.93. The van der Waals surface area contributed by atoms with E-state index < -0.39 is 11.7 Å². The van der Waals surface area contributed by atoms with Crippen molar-refractivity contribution in [2.75, 3.05) is 23.5 Å². The second-order valence-electron chi connectivity index (χ2n) is 4.73. The number of rotatable bonds is 4. The third kappa shape index (κ3) is 5.33. The predicted molar refractivity (Wildman–Crippen MR) is 99.8 cm³/mol. The van der Waals surface area contributed by atoms with Gasteiger partial charge in [0.15, 0.2) is 10.9 Å². The molecule has 1 aromatic heterocycles. The van der Waals surface area contributed by atoms with Gasteiger partial charge in [0.1, 0.15) is 5.69 Å². The first-order valence-corrected chi connectivity index (χ1v) is 7.71. The van der Waals surface area contributed by atoms with E-state index in [1.807, 2.05) is 12.1 Å². The first-order chi connectivity index (χ1) is 11.9. The van der Waals surface area contributed by atoms with Gasteiger partial charge in [-0.3, -0.25) is 15.1 Å². The zero-order chi connectivity index (χ0) is 18.4. The normalized spacial score (nSPS) is 10.0. The molecule has 11 heteroatoms. The lowest BCUT2D eigenvalue weighted by atomic mass is 10.2. The van der Waals surface area contributed by atoms with E-state index in [1.165, 1.54) is 7.11 Å². The van der Waals surface area contributed by atoms with E-state index in [1.54, 1.807) is 12.1 Å². The summed E-state index contributed by atoms with van der Waals surface area (Å²) in [6, 6.07) is 7.13. The number of aromatic nitrogens is 2. The van der Waals surface area contributed by atoms with Crippen molar-refractivity contribution in [3.8, 4) is 0 Å². The number of halogens is 1. The van der Waals surface area contributed by atoms with E-state index in [0.717, 1.165) is 5.56 Å². The van der Waals surface area contributed by atoms with E-state index in [4.69, 9.17) is 29.6 Å². The number of aromatic amines is 1. The first kappa shape index (κ1) is 18.5. The van der Waals surface area contributed by atoms with Gasteiger partial charge >= 0.3 is 6.09 Å². The van der Waals surface area contributed by atoms with Crippen LogP contribution >= 0.6 is 23.8 Å². The van der Waals surface area contributed by atoms with Crippen LogP contribution in [-0.4, -0.2) is 28.3 Å². The summed E-state index contributed by atoms with van der Waals surface area (Å²) in [5.74, 6) is 0.103. The predicted octanol–water partition coefficient (Wildman–Crippen LogP) is 1.67. The molecular formula is C14H15ClN6O3S. The van der Waals surface area contributed by atoms with Crippen LogP contribution in [0.3, 0.4) is 0 Å². The number of ether oxygens (including phenoxy) is 1. The van der Waals surface area contributed by atoms with Gasteiger partial charge in [-0.05, 0) is 29.9 Å². The number of nitrogens with one attached hydrogen (secondary N) is 4. The Bertz CT molecular complexity index is 839. The fraction of sp³-hybridized carbons (Fsp3) is 0.143. The molecular weight excluding hydrogens is 368 g/mol. The molecule has 0 saturated heterocycles. The topological polar surface area (TPSA) is 134 Å². The number of anilines is 3. The average Bonchev–Trinajstić information content (AvgIpc) is 2.56. The van der Waals surface area contributed by atoms with Crippen LogP contribution in [0.25, 0.3) is 0 Å². The molecule has 1 amide bonds. The quantitative estimate of drug-likeness (QED) is 0.504. The highest BCUT2D eigenvalue weighted by molar-refractivity contribution is 7.80. The molecule has 0 aliphatic carbocycles. The summed E-state index contributed by atoms with van der Waals surface area (Å²) in [6.07, 6.45) is -0.770. The molecule has 2 rings (SSSR count). The molecule has 9 nitrogen and oxygen atoms in total. The van der Waals surface area contributed by atoms with Crippen LogP contribution in [0.1, 0.15) is 5.56 Å². The standard InChI is InChI=1S/C14H15ClN6O3S/c1-24-14(23)21-13(25)18-9-10(19-12(16)20-11(9)22)17-6-7-2-4-8(15)5-3-7/h2-5H,6H2,1H3,(H2,18,21,23,25)(H4,16,17,19,20,22). The highest BCUT2D eigenvalue weighted by Gasteiger charge is 2.13. The molecule has 0 aliphatic rings. The van der Waals surface area contributed by atoms with Crippen LogP contribution in [0, 0.1) is 0 Å². The van der Waals surface area contributed by atoms with Crippen molar-refractivity contribution in [1.82, 2.24) is 15.3 Å². The Labute approximate surface area is 152 Å². The Morgan fingerprint density at radius 3 is 2.72 bits per heavy atom. The smallest absolute Gasteiger partial charge is 0.413 e. The minimum absolute atomic E-state index is 0.00423. The van der Waals surface area contributed by atoms with Crippen LogP contribution < -0.4 is 27.2 Å². The van der Waals surface area contributed by atoms with Gasteiger partial charge in [-0.25, -0.2) is 4.79 Å². The number of alkyl carbamates (subject to hydrolysis) is 1. The van der Waals surface area contributed by atoms with E-state index >= 15 is 0 Å². The number of nitrogens with two attached hydrogens (primary N) is 1. The van der Waals surface area contributed by atoms with Gasteiger partial charge < -0.3 is 21.1 Å². The van der Waals surface area contributed by atoms with Crippen LogP contribution in [0.2, 0.25) is 5.02 Å². The number of H-pyrrole nitrogens is 1. The minimum Gasteiger partial charge on any atom is -0.453 e. The summed E-state index contributed by atoms with van der Waals surface area (Å²) >= 11 is 10.8. The maximum Gasteiger partial charge on any atom is 0.413 e. The Morgan fingerprint density at radius 2 is 2.08 bits per heavy atom. The fourth-order valence-electron chi connectivity index (χ4n) is 1.81. The maximum absolute atomic E-state index is 12.1. The molecule has 1 heterocycles. The molecule has 0 fully saturated rings. The van der Waals surface area contributed by atoms with Crippen molar-refractivity contribution in [1.29, 1.82) is 0 Å². The molecule has 0 bridgehead atoms. The van der Waals surface area contributed by atoms with E-state index in [9.17, 15) is 9.59 Å². The third-order valence-electron chi connectivity index (χ3n) is 2.95. The fourth-order valence-corrected chi connectivity index (χ4v) is 2.12. The van der Waals surface area contributed by atoms with Gasteiger partial charge in [-0.2, -0.15) is 4.98 Å². The van der Waals surface area contributed by atoms with Gasteiger partial charge in [0.2, 0.25) is 5.95 Å². The molecule has 132 valence electrons. The summed E-state index contributed by atoms with van der Waals surface area (Å²) in [7, 11) is 1.19. The molecule has 1 aromatic carbocycles. The zero-order valence-electron chi connectivity index (χ0n) is 13.1. The van der Waals surface area contributed by atoms with Crippen molar-refractivity contribution < 1.29 is 9.53 Å². The van der Waals surface area contributed by atoms with Crippen LogP contribution in [0.5, 0.6) is 0 Å². The number of hydrogen-bond donors (Lipinski definition) is 5. The lowest BCUT2D eigenvalue weighted by Crippen LogP contribution is -2.36. The minimum atomic E-state index is -0.770. The van der Waals surface area contributed by atoms with Crippen LogP contribution in [0.15, 0.2) is 29.1 Å². The number of nitrogen functional groups attached to an aromatic ring is 1. The average molecular weight is 383 g/mol. The van der Waals surface area contributed by atoms with Crippen molar-refractivity contribution >= 4 is 52.5 Å². The van der Waals surface area contributed by atoms with E-state index in [2.05, 4.69) is 30.7 Å². The SMILES string of the molecule is COC(=O)NC(=S)Nc1c(NCc2ccc(Cl)cc2)nc(N)[nH]c1=O. The largest absolute Gasteiger partial charge is 0.453 e.